The Morgan fingerprint density at radius 3 is 2.86 bits per heavy atom. The Labute approximate surface area is 123 Å². The van der Waals surface area contributed by atoms with Gasteiger partial charge in [0.05, 0.1) is 36.1 Å². The third kappa shape index (κ3) is 2.04. The van der Waals surface area contributed by atoms with E-state index in [1.54, 1.807) is 0 Å². The highest BCUT2D eigenvalue weighted by molar-refractivity contribution is 5.61. The molecule has 2 fully saturated rings. The van der Waals surface area contributed by atoms with Gasteiger partial charge in [-0.2, -0.15) is 10.4 Å². The monoisotopic (exact) mass is 282 g/mol. The fourth-order valence-corrected chi connectivity index (χ4v) is 3.08. The van der Waals surface area contributed by atoms with Crippen molar-refractivity contribution in [3.05, 3.63) is 18.1 Å². The molecule has 0 aliphatic heterocycles. The first-order valence-corrected chi connectivity index (χ1v) is 7.54. The predicted octanol–water partition coefficient (Wildman–Crippen LogP) is 2.25. The molecule has 21 heavy (non-hydrogen) atoms. The summed E-state index contributed by atoms with van der Waals surface area (Å²) in [6.45, 7) is 0.648. The third-order valence-corrected chi connectivity index (χ3v) is 4.85. The molecule has 0 aromatic carbocycles. The maximum Gasteiger partial charge on any atom is 0.116 e. The summed E-state index contributed by atoms with van der Waals surface area (Å²) in [6, 6.07) is 2.40. The number of rotatable bonds is 4. The van der Waals surface area contributed by atoms with Crippen LogP contribution in [0, 0.1) is 16.7 Å². The molecular formula is C15H18N6. The van der Waals surface area contributed by atoms with Crippen molar-refractivity contribution < 1.29 is 0 Å². The molecule has 0 unspecified atom stereocenters. The Morgan fingerprint density at radius 1 is 1.43 bits per heavy atom. The highest BCUT2D eigenvalue weighted by Crippen LogP contribution is 2.46. The number of hydrogen-bond acceptors (Lipinski definition) is 4. The van der Waals surface area contributed by atoms with Crippen molar-refractivity contribution in [2.45, 2.75) is 44.6 Å². The number of hydrogen-bond donors (Lipinski definition) is 0. The smallest absolute Gasteiger partial charge is 0.116 e. The van der Waals surface area contributed by atoms with Gasteiger partial charge in [-0.25, -0.2) is 0 Å². The van der Waals surface area contributed by atoms with Gasteiger partial charge in [0.2, 0.25) is 0 Å². The molecule has 2 aliphatic rings. The van der Waals surface area contributed by atoms with E-state index in [4.69, 9.17) is 0 Å². The maximum absolute atomic E-state index is 9.18. The summed E-state index contributed by atoms with van der Waals surface area (Å²) < 4.78 is 3.78. The predicted molar refractivity (Wildman–Crippen MR) is 76.1 cm³/mol. The van der Waals surface area contributed by atoms with Crippen LogP contribution in [0.1, 0.15) is 43.7 Å². The molecule has 0 amide bonds. The van der Waals surface area contributed by atoms with Gasteiger partial charge < -0.3 is 0 Å². The Kier molecular flexibility index (Phi) is 2.64. The van der Waals surface area contributed by atoms with E-state index in [2.05, 4.69) is 21.5 Å². The van der Waals surface area contributed by atoms with E-state index < -0.39 is 0 Å². The minimum absolute atomic E-state index is 0.198. The van der Waals surface area contributed by atoms with Crippen molar-refractivity contribution in [2.24, 2.45) is 12.5 Å². The SMILES string of the molecule is Cn1ncc(-c2cn(CC3(C#N)CC3)nn2)c1C1CCC1. The van der Waals surface area contributed by atoms with Crippen molar-refractivity contribution in [1.29, 1.82) is 5.26 Å². The van der Waals surface area contributed by atoms with E-state index in [1.165, 1.54) is 25.0 Å². The number of nitrogens with zero attached hydrogens (tertiary/aromatic N) is 6. The van der Waals surface area contributed by atoms with Crippen LogP contribution in [0.25, 0.3) is 11.3 Å². The molecule has 0 atom stereocenters. The minimum atomic E-state index is -0.198. The zero-order valence-electron chi connectivity index (χ0n) is 12.2. The minimum Gasteiger partial charge on any atom is -0.272 e. The third-order valence-electron chi connectivity index (χ3n) is 4.85. The van der Waals surface area contributed by atoms with Gasteiger partial charge >= 0.3 is 0 Å². The number of nitriles is 1. The second-order valence-electron chi connectivity index (χ2n) is 6.39. The second kappa shape index (κ2) is 4.42. The molecular weight excluding hydrogens is 264 g/mol. The van der Waals surface area contributed by atoms with Crippen LogP contribution in [0.2, 0.25) is 0 Å². The highest BCUT2D eigenvalue weighted by atomic mass is 15.4. The van der Waals surface area contributed by atoms with Gasteiger partial charge in [0, 0.05) is 18.5 Å². The van der Waals surface area contributed by atoms with Crippen LogP contribution >= 0.6 is 0 Å². The van der Waals surface area contributed by atoms with Crippen LogP contribution in [0.3, 0.4) is 0 Å². The second-order valence-corrected chi connectivity index (χ2v) is 6.39. The average molecular weight is 282 g/mol. The van der Waals surface area contributed by atoms with Gasteiger partial charge in [0.25, 0.3) is 0 Å². The average Bonchev–Trinajstić information content (AvgIpc) is 2.88. The van der Waals surface area contributed by atoms with Crippen LogP contribution < -0.4 is 0 Å². The summed E-state index contributed by atoms with van der Waals surface area (Å²) in [4.78, 5) is 0. The van der Waals surface area contributed by atoms with Gasteiger partial charge in [-0.1, -0.05) is 11.6 Å². The first kappa shape index (κ1) is 12.6. The summed E-state index contributed by atoms with van der Waals surface area (Å²) in [6.07, 6.45) is 9.55. The van der Waals surface area contributed by atoms with Crippen molar-refractivity contribution in [3.8, 4) is 17.3 Å². The van der Waals surface area contributed by atoms with Crippen LogP contribution in [0.4, 0.5) is 0 Å². The van der Waals surface area contributed by atoms with Gasteiger partial charge in [0.1, 0.15) is 5.69 Å². The Hall–Kier alpha value is -2.16. The Morgan fingerprint density at radius 2 is 2.24 bits per heavy atom. The standard InChI is InChI=1S/C15H18N6/c1-20-14(11-3-2-4-11)12(7-17-20)13-8-21(19-18-13)10-15(9-16)5-6-15/h7-8,11H,2-6,10H2,1H3. The summed E-state index contributed by atoms with van der Waals surface area (Å²) in [5.41, 5.74) is 3.04. The Bertz CT molecular complexity index is 711. The molecule has 2 heterocycles. The lowest BCUT2D eigenvalue weighted by molar-refractivity contribution is 0.398. The first-order valence-electron chi connectivity index (χ1n) is 7.54. The normalized spacial score (nSPS) is 20.0. The lowest BCUT2D eigenvalue weighted by atomic mass is 9.81. The van der Waals surface area contributed by atoms with Crippen LogP contribution in [0.15, 0.2) is 12.4 Å². The highest BCUT2D eigenvalue weighted by Gasteiger charge is 2.44. The van der Waals surface area contributed by atoms with E-state index in [-0.39, 0.29) is 5.41 Å². The van der Waals surface area contributed by atoms with Crippen LogP contribution in [-0.2, 0) is 13.6 Å². The lowest BCUT2D eigenvalue weighted by Gasteiger charge is -2.26. The molecule has 0 saturated heterocycles. The quantitative estimate of drug-likeness (QED) is 0.862. The largest absolute Gasteiger partial charge is 0.272 e. The molecule has 2 aromatic heterocycles. The van der Waals surface area contributed by atoms with Crippen molar-refractivity contribution in [3.63, 3.8) is 0 Å². The summed E-state index contributed by atoms with van der Waals surface area (Å²) in [7, 11) is 2.00. The lowest BCUT2D eigenvalue weighted by Crippen LogP contribution is -2.14. The van der Waals surface area contributed by atoms with E-state index in [9.17, 15) is 5.26 Å². The van der Waals surface area contributed by atoms with Crippen molar-refractivity contribution in [1.82, 2.24) is 24.8 Å². The molecule has 0 radical (unpaired) electrons. The van der Waals surface area contributed by atoms with Gasteiger partial charge in [-0.05, 0) is 25.7 Å². The van der Waals surface area contributed by atoms with Crippen LogP contribution in [-0.4, -0.2) is 24.8 Å². The molecule has 2 aliphatic carbocycles. The molecule has 4 rings (SSSR count). The zero-order chi connectivity index (χ0) is 14.4. The summed E-state index contributed by atoms with van der Waals surface area (Å²) >= 11 is 0. The summed E-state index contributed by atoms with van der Waals surface area (Å²) in [5.74, 6) is 0.603. The topological polar surface area (TPSA) is 72.3 Å². The Balaban J connectivity index is 1.63. The zero-order valence-corrected chi connectivity index (χ0v) is 12.2. The fourth-order valence-electron chi connectivity index (χ4n) is 3.08. The fraction of sp³-hybridized carbons (Fsp3) is 0.600. The molecule has 6 heteroatoms. The van der Waals surface area contributed by atoms with E-state index in [0.29, 0.717) is 12.5 Å². The van der Waals surface area contributed by atoms with E-state index >= 15 is 0 Å². The van der Waals surface area contributed by atoms with Crippen molar-refractivity contribution >= 4 is 0 Å². The van der Waals surface area contributed by atoms with Crippen molar-refractivity contribution in [2.75, 3.05) is 0 Å². The number of aryl methyl sites for hydroxylation is 1. The molecule has 0 spiro atoms. The molecule has 0 bridgehead atoms. The van der Waals surface area contributed by atoms with E-state index in [1.807, 2.05) is 28.8 Å². The molecule has 108 valence electrons. The van der Waals surface area contributed by atoms with Gasteiger partial charge in [-0.3, -0.25) is 9.36 Å². The number of aromatic nitrogens is 5. The van der Waals surface area contributed by atoms with E-state index in [0.717, 1.165) is 24.1 Å². The molecule has 0 N–H and O–H groups in total. The molecule has 2 saturated carbocycles. The molecule has 2 aromatic rings. The van der Waals surface area contributed by atoms with Gasteiger partial charge in [-0.15, -0.1) is 5.10 Å². The summed E-state index contributed by atoms with van der Waals surface area (Å²) in [5, 5.41) is 22.1. The maximum atomic E-state index is 9.18. The molecule has 6 nitrogen and oxygen atoms in total. The van der Waals surface area contributed by atoms with Crippen LogP contribution in [0.5, 0.6) is 0 Å². The van der Waals surface area contributed by atoms with Gasteiger partial charge in [0.15, 0.2) is 0 Å². The first-order chi connectivity index (χ1) is 10.2.